The van der Waals surface area contributed by atoms with E-state index in [1.54, 1.807) is 0 Å². The van der Waals surface area contributed by atoms with Crippen molar-refractivity contribution in [2.24, 2.45) is 0 Å². The Morgan fingerprint density at radius 1 is 0.525 bits per heavy atom. The van der Waals surface area contributed by atoms with Crippen LogP contribution in [0, 0.1) is 13.8 Å². The van der Waals surface area contributed by atoms with Crippen molar-refractivity contribution in [3.63, 3.8) is 0 Å². The molecule has 0 bridgehead atoms. The lowest BCUT2D eigenvalue weighted by Crippen LogP contribution is -2.14. The molecule has 0 fully saturated rings. The van der Waals surface area contributed by atoms with Crippen LogP contribution in [0.1, 0.15) is 22.3 Å². The van der Waals surface area contributed by atoms with Gasteiger partial charge in [-0.25, -0.2) is 9.15 Å². The third kappa shape index (κ3) is 5.97. The van der Waals surface area contributed by atoms with Gasteiger partial charge in [0.05, 0.1) is 33.9 Å². The van der Waals surface area contributed by atoms with Crippen molar-refractivity contribution in [2.75, 3.05) is 13.1 Å². The molecule has 0 aromatic carbocycles. The van der Waals surface area contributed by atoms with E-state index in [1.165, 1.54) is 11.1 Å². The van der Waals surface area contributed by atoms with E-state index in [0.29, 0.717) is 0 Å². The number of aromatic nitrogens is 4. The highest BCUT2D eigenvalue weighted by Gasteiger charge is 2.14. The minimum Gasteiger partial charge on any atom is -0.254 e. The lowest BCUT2D eigenvalue weighted by atomic mass is 10.0. The zero-order valence-corrected chi connectivity index (χ0v) is 22.6. The van der Waals surface area contributed by atoms with Crippen LogP contribution in [0.15, 0.2) is 121 Å². The molecule has 4 aromatic heterocycles. The van der Waals surface area contributed by atoms with Crippen molar-refractivity contribution in [2.45, 2.75) is 13.8 Å². The lowest BCUT2D eigenvalue weighted by Gasteiger charge is -2.10. The standard InChI is InChI=1S/C34H30N6/c1-25-3-7-31(35-19-25)33-9-5-27(21-37-33)23-39-15-11-29(12-16-39)30-13-17-40(18-14-30)24-28-6-10-34(38-22-28)32-8-4-26(2)20-36-32/h3-15,17,19-24H,16,18H2,1-2H3/q+2. The summed E-state index contributed by atoms with van der Waals surface area (Å²) < 4.78 is 4.33. The van der Waals surface area contributed by atoms with Gasteiger partial charge in [-0.2, -0.15) is 0 Å². The molecule has 0 unspecified atom stereocenters. The van der Waals surface area contributed by atoms with Gasteiger partial charge in [0.1, 0.15) is 0 Å². The fraction of sp³-hybridized carbons (Fsp3) is 0.118. The Kier molecular flexibility index (Phi) is 7.14. The Morgan fingerprint density at radius 3 is 1.23 bits per heavy atom. The SMILES string of the molecule is Cc1ccc(-c2ccc(C=[N+]3C=CC(C4=CC[N+](=Cc5ccc(-c6ccc(C)cn6)nc5)C=C4)=CC3)cn2)nc1. The summed E-state index contributed by atoms with van der Waals surface area (Å²) in [4.78, 5) is 18.1. The smallest absolute Gasteiger partial charge is 0.177 e. The van der Waals surface area contributed by atoms with E-state index in [0.717, 1.165) is 58.1 Å². The van der Waals surface area contributed by atoms with E-state index in [4.69, 9.17) is 0 Å². The van der Waals surface area contributed by atoms with Crippen molar-refractivity contribution in [1.29, 1.82) is 0 Å². The van der Waals surface area contributed by atoms with Gasteiger partial charge in [-0.3, -0.25) is 19.9 Å². The number of hydrogen-bond donors (Lipinski definition) is 0. The van der Waals surface area contributed by atoms with Crippen molar-refractivity contribution in [1.82, 2.24) is 19.9 Å². The highest BCUT2D eigenvalue weighted by molar-refractivity contribution is 5.77. The highest BCUT2D eigenvalue weighted by atomic mass is 15.0. The highest BCUT2D eigenvalue weighted by Crippen LogP contribution is 2.19. The third-order valence-corrected chi connectivity index (χ3v) is 6.82. The molecular formula is C34H30N6+2. The van der Waals surface area contributed by atoms with Crippen LogP contribution in [-0.2, 0) is 0 Å². The van der Waals surface area contributed by atoms with E-state index in [2.05, 4.69) is 102 Å². The van der Waals surface area contributed by atoms with Crippen LogP contribution in [-0.4, -0.2) is 54.6 Å². The minimum atomic E-state index is 0.808. The first-order chi connectivity index (χ1) is 19.6. The first-order valence-electron chi connectivity index (χ1n) is 13.4. The van der Waals surface area contributed by atoms with Gasteiger partial charge < -0.3 is 0 Å². The summed E-state index contributed by atoms with van der Waals surface area (Å²) in [6, 6.07) is 16.3. The van der Waals surface area contributed by atoms with Gasteiger partial charge >= 0.3 is 0 Å². The Bertz CT molecular complexity index is 1570. The van der Waals surface area contributed by atoms with Crippen LogP contribution < -0.4 is 0 Å². The number of pyridine rings is 4. The van der Waals surface area contributed by atoms with Crippen molar-refractivity contribution < 1.29 is 9.15 Å². The summed E-state index contributed by atoms with van der Waals surface area (Å²) in [5.41, 5.74) is 10.4. The third-order valence-electron chi connectivity index (χ3n) is 6.82. The first kappa shape index (κ1) is 25.2. The molecule has 6 rings (SSSR count). The number of allylic oxidation sites excluding steroid dienone is 4. The number of rotatable bonds is 5. The predicted octanol–water partition coefficient (Wildman–Crippen LogP) is 5.69. The second-order valence-corrected chi connectivity index (χ2v) is 10.00. The van der Waals surface area contributed by atoms with Gasteiger partial charge in [0, 0.05) is 36.9 Å². The molecule has 4 aromatic rings. The molecule has 6 heteroatoms. The summed E-state index contributed by atoms with van der Waals surface area (Å²) in [6.07, 6.45) is 24.8. The lowest BCUT2D eigenvalue weighted by molar-refractivity contribution is -0.442. The summed E-state index contributed by atoms with van der Waals surface area (Å²) in [5, 5.41) is 0. The summed E-state index contributed by atoms with van der Waals surface area (Å²) in [5.74, 6) is 0. The van der Waals surface area contributed by atoms with Gasteiger partial charge in [0.15, 0.2) is 37.9 Å². The van der Waals surface area contributed by atoms with Crippen LogP contribution in [0.5, 0.6) is 0 Å². The second kappa shape index (κ2) is 11.3. The molecule has 0 saturated carbocycles. The van der Waals surface area contributed by atoms with E-state index in [9.17, 15) is 0 Å². The Labute approximate surface area is 234 Å². The molecular weight excluding hydrogens is 492 g/mol. The van der Waals surface area contributed by atoms with Gasteiger partial charge in [-0.15, -0.1) is 0 Å². The molecule has 0 spiro atoms. The normalized spacial score (nSPS) is 16.8. The van der Waals surface area contributed by atoms with Crippen LogP contribution in [0.2, 0.25) is 0 Å². The summed E-state index contributed by atoms with van der Waals surface area (Å²) in [6.45, 7) is 5.68. The van der Waals surface area contributed by atoms with Crippen molar-refractivity contribution in [3.05, 3.63) is 143 Å². The predicted molar refractivity (Wildman–Crippen MR) is 159 cm³/mol. The van der Waals surface area contributed by atoms with Crippen LogP contribution in [0.4, 0.5) is 0 Å². The van der Waals surface area contributed by atoms with Crippen LogP contribution >= 0.6 is 0 Å². The molecule has 0 atom stereocenters. The largest absolute Gasteiger partial charge is 0.254 e. The van der Waals surface area contributed by atoms with Gasteiger partial charge in [-0.1, -0.05) is 12.1 Å². The Balaban J connectivity index is 1.06. The topological polar surface area (TPSA) is 57.6 Å². The van der Waals surface area contributed by atoms with E-state index in [1.807, 2.05) is 62.9 Å². The molecule has 0 radical (unpaired) electrons. The van der Waals surface area contributed by atoms with Gasteiger partial charge in [0.2, 0.25) is 0 Å². The van der Waals surface area contributed by atoms with E-state index in [-0.39, 0.29) is 0 Å². The molecule has 0 N–H and O–H groups in total. The van der Waals surface area contributed by atoms with Crippen molar-refractivity contribution in [3.8, 4) is 22.8 Å². The second-order valence-electron chi connectivity index (χ2n) is 10.00. The van der Waals surface area contributed by atoms with E-state index >= 15 is 0 Å². The molecule has 40 heavy (non-hydrogen) atoms. The zero-order chi connectivity index (χ0) is 27.3. The minimum absolute atomic E-state index is 0.808. The average Bonchev–Trinajstić information content (AvgIpc) is 3.00. The fourth-order valence-corrected chi connectivity index (χ4v) is 4.52. The summed E-state index contributed by atoms with van der Waals surface area (Å²) >= 11 is 0. The Morgan fingerprint density at radius 2 is 0.925 bits per heavy atom. The molecule has 194 valence electrons. The number of nitrogens with zero attached hydrogens (tertiary/aromatic N) is 6. The summed E-state index contributed by atoms with van der Waals surface area (Å²) in [7, 11) is 0. The maximum Gasteiger partial charge on any atom is 0.177 e. The molecule has 6 heterocycles. The Hall–Kier alpha value is -5.10. The van der Waals surface area contributed by atoms with Crippen molar-refractivity contribution >= 4 is 12.4 Å². The quantitative estimate of drug-likeness (QED) is 0.316. The van der Waals surface area contributed by atoms with Crippen LogP contribution in [0.25, 0.3) is 22.8 Å². The first-order valence-corrected chi connectivity index (χ1v) is 13.4. The number of hydrogen-bond acceptors (Lipinski definition) is 4. The molecule has 0 saturated heterocycles. The zero-order valence-electron chi connectivity index (χ0n) is 22.6. The molecule has 2 aliphatic heterocycles. The van der Waals surface area contributed by atoms with Gasteiger partial charge in [-0.05, 0) is 84.7 Å². The monoisotopic (exact) mass is 522 g/mol. The maximum atomic E-state index is 4.60. The fourth-order valence-electron chi connectivity index (χ4n) is 4.52. The average molecular weight is 523 g/mol. The number of aryl methyl sites for hydroxylation is 2. The molecule has 6 nitrogen and oxygen atoms in total. The molecule has 0 amide bonds. The molecule has 2 aliphatic rings. The molecule has 0 aliphatic carbocycles. The maximum absolute atomic E-state index is 4.60. The van der Waals surface area contributed by atoms with Gasteiger partial charge in [0.25, 0.3) is 0 Å². The van der Waals surface area contributed by atoms with E-state index < -0.39 is 0 Å². The van der Waals surface area contributed by atoms with Crippen LogP contribution in [0.3, 0.4) is 0 Å².